The van der Waals surface area contributed by atoms with Gasteiger partial charge in [0, 0.05) is 44.8 Å². The average Bonchev–Trinajstić information content (AvgIpc) is 3.12. The number of hydrogen-bond acceptors (Lipinski definition) is 8. The van der Waals surface area contributed by atoms with E-state index in [1.54, 1.807) is 4.52 Å². The maximum absolute atomic E-state index is 6.14. The molecule has 30 heavy (non-hydrogen) atoms. The zero-order chi connectivity index (χ0) is 21.1. The molecule has 0 aliphatic carbocycles. The van der Waals surface area contributed by atoms with Crippen LogP contribution < -0.4 is 21.3 Å². The summed E-state index contributed by atoms with van der Waals surface area (Å²) in [5.74, 6) is 1.98. The molecule has 4 heterocycles. The van der Waals surface area contributed by atoms with Crippen LogP contribution in [0.15, 0.2) is 18.5 Å². The number of nitrogens with zero attached hydrogens (tertiary/aromatic N) is 6. The number of imidazole rings is 1. The van der Waals surface area contributed by atoms with Crippen LogP contribution in [-0.4, -0.2) is 56.8 Å². The first-order valence-corrected chi connectivity index (χ1v) is 10.7. The fourth-order valence-corrected chi connectivity index (χ4v) is 3.97. The lowest BCUT2D eigenvalue weighted by molar-refractivity contribution is 0.584. The van der Waals surface area contributed by atoms with Gasteiger partial charge >= 0.3 is 0 Å². The second-order valence-electron chi connectivity index (χ2n) is 8.05. The molecular weight excluding hydrogens is 378 g/mol. The number of fused-ring (bicyclic) bond motifs is 1. The standard InChI is InChI=1S/C21H31N9/c1-4-5-15(3)25-21-27-18(22)20-26-17(13-30(20)28-21)11-16-10-14(2)19(24-12-16)29-8-6-23-7-9-29/h10,12-13,15,23H,4-9,11H2,1-3H3,(H3,22,25,27,28). The van der Waals surface area contributed by atoms with Crippen molar-refractivity contribution in [2.45, 2.75) is 46.1 Å². The lowest BCUT2D eigenvalue weighted by Crippen LogP contribution is -2.44. The monoisotopic (exact) mass is 409 g/mol. The minimum atomic E-state index is 0.290. The van der Waals surface area contributed by atoms with Gasteiger partial charge < -0.3 is 21.3 Å². The smallest absolute Gasteiger partial charge is 0.243 e. The fourth-order valence-electron chi connectivity index (χ4n) is 3.97. The number of rotatable bonds is 7. The van der Waals surface area contributed by atoms with Crippen molar-refractivity contribution in [1.82, 2.24) is 29.9 Å². The number of nitrogens with two attached hydrogens (primary N) is 1. The van der Waals surface area contributed by atoms with Crippen LogP contribution >= 0.6 is 0 Å². The summed E-state index contributed by atoms with van der Waals surface area (Å²) in [7, 11) is 0. The highest BCUT2D eigenvalue weighted by Crippen LogP contribution is 2.21. The predicted molar refractivity (Wildman–Crippen MR) is 120 cm³/mol. The van der Waals surface area contributed by atoms with Crippen molar-refractivity contribution < 1.29 is 0 Å². The largest absolute Gasteiger partial charge is 0.380 e. The number of piperazine rings is 1. The van der Waals surface area contributed by atoms with E-state index < -0.39 is 0 Å². The second kappa shape index (κ2) is 8.83. The molecule has 0 aromatic carbocycles. The summed E-state index contributed by atoms with van der Waals surface area (Å²) in [6.07, 6.45) is 6.69. The number of anilines is 3. The summed E-state index contributed by atoms with van der Waals surface area (Å²) in [6.45, 7) is 10.4. The van der Waals surface area contributed by atoms with Crippen LogP contribution in [0.2, 0.25) is 0 Å². The molecule has 9 nitrogen and oxygen atoms in total. The molecular formula is C21H31N9. The Kier molecular flexibility index (Phi) is 5.98. The summed E-state index contributed by atoms with van der Waals surface area (Å²) in [5, 5.41) is 11.2. The van der Waals surface area contributed by atoms with Gasteiger partial charge in [0.15, 0.2) is 11.5 Å². The van der Waals surface area contributed by atoms with Crippen LogP contribution in [0, 0.1) is 6.92 Å². The van der Waals surface area contributed by atoms with Crippen molar-refractivity contribution in [1.29, 1.82) is 0 Å². The summed E-state index contributed by atoms with van der Waals surface area (Å²) in [6, 6.07) is 2.49. The van der Waals surface area contributed by atoms with E-state index in [0.717, 1.165) is 56.1 Å². The van der Waals surface area contributed by atoms with Crippen molar-refractivity contribution in [3.63, 3.8) is 0 Å². The maximum Gasteiger partial charge on any atom is 0.243 e. The fraction of sp³-hybridized carbons (Fsp3) is 0.524. The third-order valence-electron chi connectivity index (χ3n) is 5.40. The number of aromatic nitrogens is 5. The van der Waals surface area contributed by atoms with Gasteiger partial charge in [-0.15, -0.1) is 5.10 Å². The van der Waals surface area contributed by atoms with Gasteiger partial charge in [-0.1, -0.05) is 19.4 Å². The number of nitrogen functional groups attached to an aromatic ring is 1. The Morgan fingerprint density at radius 1 is 1.27 bits per heavy atom. The third kappa shape index (κ3) is 4.46. The molecule has 160 valence electrons. The van der Waals surface area contributed by atoms with E-state index in [2.05, 4.69) is 57.4 Å². The van der Waals surface area contributed by atoms with Crippen molar-refractivity contribution in [3.8, 4) is 0 Å². The van der Waals surface area contributed by atoms with E-state index in [0.29, 0.717) is 23.8 Å². The Morgan fingerprint density at radius 3 is 2.80 bits per heavy atom. The Hall–Kier alpha value is -2.94. The van der Waals surface area contributed by atoms with E-state index in [4.69, 9.17) is 10.7 Å². The van der Waals surface area contributed by atoms with Gasteiger partial charge in [0.1, 0.15) is 5.82 Å². The van der Waals surface area contributed by atoms with Gasteiger partial charge in [0.2, 0.25) is 5.95 Å². The van der Waals surface area contributed by atoms with Crippen LogP contribution in [0.25, 0.3) is 5.65 Å². The van der Waals surface area contributed by atoms with Crippen LogP contribution in [0.4, 0.5) is 17.6 Å². The topological polar surface area (TPSA) is 109 Å². The lowest BCUT2D eigenvalue weighted by atomic mass is 10.1. The molecule has 0 spiro atoms. The maximum atomic E-state index is 6.14. The average molecular weight is 410 g/mol. The summed E-state index contributed by atoms with van der Waals surface area (Å²) in [5.41, 5.74) is 9.93. The van der Waals surface area contributed by atoms with Crippen LogP contribution in [0.3, 0.4) is 0 Å². The highest BCUT2D eigenvalue weighted by atomic mass is 15.3. The van der Waals surface area contributed by atoms with Gasteiger partial charge in [0.05, 0.1) is 11.9 Å². The Bertz CT molecular complexity index is 1010. The number of pyridine rings is 1. The molecule has 3 aromatic heterocycles. The molecule has 0 saturated carbocycles. The molecule has 1 saturated heterocycles. The molecule has 4 rings (SSSR count). The molecule has 1 atom stereocenters. The van der Waals surface area contributed by atoms with Crippen LogP contribution in [0.5, 0.6) is 0 Å². The Labute approximate surface area is 177 Å². The minimum absolute atomic E-state index is 0.290. The second-order valence-corrected chi connectivity index (χ2v) is 8.05. The minimum Gasteiger partial charge on any atom is -0.380 e. The first-order valence-electron chi connectivity index (χ1n) is 10.7. The zero-order valence-electron chi connectivity index (χ0n) is 18.0. The molecule has 1 aliphatic rings. The highest BCUT2D eigenvalue weighted by Gasteiger charge is 2.15. The SMILES string of the molecule is CCCC(C)Nc1nc(N)c2nc(Cc3cnc(N4CCNCC4)c(C)c3)cn2n1. The lowest BCUT2D eigenvalue weighted by Gasteiger charge is -2.29. The van der Waals surface area contributed by atoms with Crippen LogP contribution in [-0.2, 0) is 6.42 Å². The normalized spacial score (nSPS) is 15.5. The molecule has 1 fully saturated rings. The first kappa shape index (κ1) is 20.3. The predicted octanol–water partition coefficient (Wildman–Crippen LogP) is 2.01. The molecule has 0 bridgehead atoms. The van der Waals surface area contributed by atoms with Gasteiger partial charge in [-0.2, -0.15) is 4.98 Å². The number of hydrogen-bond donors (Lipinski definition) is 3. The molecule has 0 radical (unpaired) electrons. The zero-order valence-corrected chi connectivity index (χ0v) is 18.0. The molecule has 1 unspecified atom stereocenters. The quantitative estimate of drug-likeness (QED) is 0.544. The third-order valence-corrected chi connectivity index (χ3v) is 5.40. The van der Waals surface area contributed by atoms with E-state index in [1.807, 2.05) is 12.4 Å². The summed E-state index contributed by atoms with van der Waals surface area (Å²) in [4.78, 5) is 16.1. The van der Waals surface area contributed by atoms with Crippen molar-refractivity contribution in [3.05, 3.63) is 35.3 Å². The summed E-state index contributed by atoms with van der Waals surface area (Å²) >= 11 is 0. The van der Waals surface area contributed by atoms with E-state index >= 15 is 0 Å². The molecule has 3 aromatic rings. The molecule has 9 heteroatoms. The van der Waals surface area contributed by atoms with E-state index in [-0.39, 0.29) is 6.04 Å². The molecule has 1 aliphatic heterocycles. The van der Waals surface area contributed by atoms with E-state index in [9.17, 15) is 0 Å². The molecule has 0 amide bonds. The van der Waals surface area contributed by atoms with Crippen molar-refractivity contribution in [2.75, 3.05) is 42.1 Å². The van der Waals surface area contributed by atoms with Gasteiger partial charge in [-0.05, 0) is 31.4 Å². The van der Waals surface area contributed by atoms with Gasteiger partial charge in [-0.25, -0.2) is 14.5 Å². The van der Waals surface area contributed by atoms with Gasteiger partial charge in [-0.3, -0.25) is 0 Å². The van der Waals surface area contributed by atoms with Gasteiger partial charge in [0.25, 0.3) is 0 Å². The van der Waals surface area contributed by atoms with Crippen LogP contribution in [0.1, 0.15) is 43.5 Å². The van der Waals surface area contributed by atoms with E-state index in [1.165, 1.54) is 5.56 Å². The van der Waals surface area contributed by atoms with Crippen molar-refractivity contribution >= 4 is 23.2 Å². The number of aryl methyl sites for hydroxylation is 1. The Balaban J connectivity index is 1.52. The highest BCUT2D eigenvalue weighted by molar-refractivity contribution is 5.61. The Morgan fingerprint density at radius 2 is 2.07 bits per heavy atom. The van der Waals surface area contributed by atoms with Crippen molar-refractivity contribution in [2.24, 2.45) is 0 Å². The summed E-state index contributed by atoms with van der Waals surface area (Å²) < 4.78 is 1.72. The number of nitrogens with one attached hydrogen (secondary N) is 2. The molecule has 4 N–H and O–H groups in total. The first-order chi connectivity index (χ1) is 14.5.